The summed E-state index contributed by atoms with van der Waals surface area (Å²) in [6.45, 7) is 12.6. The summed E-state index contributed by atoms with van der Waals surface area (Å²) in [5.74, 6) is -38.7. The summed E-state index contributed by atoms with van der Waals surface area (Å²) in [6, 6.07) is 19.7. The number of aryl methyl sites for hydroxylation is 1. The van der Waals surface area contributed by atoms with E-state index in [0.29, 0.717) is 111 Å². The molecular weight excluding hydrogens is 1650 g/mol. The van der Waals surface area contributed by atoms with Gasteiger partial charge in [0.1, 0.15) is 29.1 Å². The minimum atomic E-state index is -4.20. The van der Waals surface area contributed by atoms with Gasteiger partial charge in [-0.25, -0.2) is 48.3 Å². The molecule has 8 amide bonds. The van der Waals surface area contributed by atoms with Crippen LogP contribution in [-0.4, -0.2) is 82.9 Å². The zero-order valence-electron chi connectivity index (χ0n) is 66.5. The van der Waals surface area contributed by atoms with Crippen molar-refractivity contribution in [1.82, 2.24) is 20.9 Å². The fraction of sp³-hybridized carbons (Fsp3) is 0.356. The highest BCUT2D eigenvalue weighted by atomic mass is 19.3. The third kappa shape index (κ3) is 25.0. The zero-order valence-corrected chi connectivity index (χ0v) is 66.5. The van der Waals surface area contributed by atoms with Crippen molar-refractivity contribution in [2.45, 2.75) is 167 Å². The second-order valence-corrected chi connectivity index (χ2v) is 30.6. The van der Waals surface area contributed by atoms with Crippen molar-refractivity contribution < 1.29 is 122 Å². The van der Waals surface area contributed by atoms with Crippen LogP contribution in [0.2, 0.25) is 0 Å². The van der Waals surface area contributed by atoms with Gasteiger partial charge < -0.3 is 42.1 Å². The first-order chi connectivity index (χ1) is 57.1. The Hall–Kier alpha value is -11.8. The molecule has 1 unspecified atom stereocenters. The molecule has 0 spiro atoms. The average Bonchev–Trinajstić information content (AvgIpc) is 1.07. The maximum atomic E-state index is 15.0. The lowest BCUT2D eigenvalue weighted by atomic mass is 9.87. The Morgan fingerprint density at radius 3 is 0.951 bits per heavy atom. The molecule has 2 saturated carbocycles. The van der Waals surface area contributed by atoms with Crippen LogP contribution in [0.4, 0.5) is 106 Å². The molecule has 8 aromatic carbocycles. The summed E-state index contributed by atoms with van der Waals surface area (Å²) in [5, 5.41) is 15.8. The summed E-state index contributed by atoms with van der Waals surface area (Å²) in [6.07, 6.45) is 7.99. The maximum absolute atomic E-state index is 15.0. The molecule has 8 aromatic rings. The van der Waals surface area contributed by atoms with E-state index in [1.54, 1.807) is 20.8 Å². The number of alkyl halides is 8. The normalized spacial score (nSPS) is 16.9. The molecule has 16 nitrogen and oxygen atoms in total. The molecule has 35 heteroatoms. The Balaban J connectivity index is 0.000000202. The summed E-state index contributed by atoms with van der Waals surface area (Å²) >= 11 is 0. The van der Waals surface area contributed by atoms with E-state index in [-0.39, 0.29) is 69.6 Å². The van der Waals surface area contributed by atoms with E-state index in [1.807, 2.05) is 20.8 Å². The Bertz CT molecular complexity index is 5010. The zero-order chi connectivity index (χ0) is 90.3. The number of nitrogens with one attached hydrogen (secondary N) is 7. The largest absolute Gasteiger partial charge is 0.352 e. The van der Waals surface area contributed by atoms with Gasteiger partial charge in [-0.1, -0.05) is 34.1 Å². The van der Waals surface area contributed by atoms with Crippen molar-refractivity contribution in [1.29, 1.82) is 0 Å². The van der Waals surface area contributed by atoms with Crippen molar-refractivity contribution in [3.8, 4) is 0 Å². The van der Waals surface area contributed by atoms with E-state index in [2.05, 4.69) is 37.2 Å². The number of benzene rings is 8. The van der Waals surface area contributed by atoms with Crippen LogP contribution in [0.1, 0.15) is 188 Å². The van der Waals surface area contributed by atoms with Crippen LogP contribution in [0.3, 0.4) is 0 Å². The number of anilines is 4. The lowest BCUT2D eigenvalue weighted by molar-refractivity contribution is -0.159. The first kappa shape index (κ1) is 95.7. The molecule has 1 atom stereocenters. The van der Waals surface area contributed by atoms with Gasteiger partial charge in [0.25, 0.3) is 47.3 Å². The van der Waals surface area contributed by atoms with Crippen LogP contribution in [0.15, 0.2) is 146 Å². The lowest BCUT2D eigenvalue weighted by Crippen LogP contribution is -2.49. The van der Waals surface area contributed by atoms with Crippen LogP contribution in [0.5, 0.6) is 0 Å². The highest BCUT2D eigenvalue weighted by Crippen LogP contribution is 2.39. The highest BCUT2D eigenvalue weighted by Gasteiger charge is 2.49. The van der Waals surface area contributed by atoms with E-state index in [1.165, 1.54) is 19.1 Å². The number of halogens is 19. The van der Waals surface area contributed by atoms with E-state index < -0.39 is 175 Å². The van der Waals surface area contributed by atoms with Crippen molar-refractivity contribution in [3.63, 3.8) is 0 Å². The molecule has 1 aliphatic heterocycles. The maximum Gasteiger partial charge on any atom is 0.352 e. The van der Waals surface area contributed by atoms with Crippen molar-refractivity contribution in [2.75, 3.05) is 34.4 Å². The molecular formula is C87H85F19N8O8. The van der Waals surface area contributed by atoms with Crippen LogP contribution in [-0.2, 0) is 42.9 Å². The molecule has 1 heterocycles. The third-order valence-corrected chi connectivity index (χ3v) is 20.6. The minimum absolute atomic E-state index is 0.0420. The second-order valence-electron chi connectivity index (χ2n) is 30.6. The third-order valence-electron chi connectivity index (χ3n) is 20.6. The average molecular weight is 1730 g/mol. The van der Waals surface area contributed by atoms with Gasteiger partial charge in [0.05, 0.1) is 22.3 Å². The summed E-state index contributed by atoms with van der Waals surface area (Å²) in [7, 11) is 0. The van der Waals surface area contributed by atoms with Gasteiger partial charge >= 0.3 is 23.7 Å². The molecule has 2 aliphatic carbocycles. The van der Waals surface area contributed by atoms with Gasteiger partial charge in [-0.05, 0) is 242 Å². The molecule has 0 bridgehead atoms. The number of amides is 8. The summed E-state index contributed by atoms with van der Waals surface area (Å²) < 4.78 is 267. The molecule has 0 radical (unpaired) electrons. The smallest absolute Gasteiger partial charge is 0.348 e. The van der Waals surface area contributed by atoms with Gasteiger partial charge in [0, 0.05) is 93.9 Å². The number of carbonyl (C=O) groups is 8. The Morgan fingerprint density at radius 1 is 0.344 bits per heavy atom. The highest BCUT2D eigenvalue weighted by molar-refractivity contribution is 6.07. The van der Waals surface area contributed by atoms with E-state index >= 15 is 0 Å². The molecule has 3 aliphatic rings. The monoisotopic (exact) mass is 1730 g/mol. The predicted molar refractivity (Wildman–Crippen MR) is 414 cm³/mol. The van der Waals surface area contributed by atoms with E-state index in [9.17, 15) is 122 Å². The fourth-order valence-corrected chi connectivity index (χ4v) is 12.9. The first-order valence-corrected chi connectivity index (χ1v) is 38.4. The lowest BCUT2D eigenvalue weighted by Gasteiger charge is -2.28. The van der Waals surface area contributed by atoms with Crippen LogP contribution in [0.25, 0.3) is 0 Å². The van der Waals surface area contributed by atoms with Crippen molar-refractivity contribution in [3.05, 3.63) is 260 Å². The molecule has 7 N–H and O–H groups in total. The predicted octanol–water partition coefficient (Wildman–Crippen LogP) is 20.3. The molecule has 1 saturated heterocycles. The van der Waals surface area contributed by atoms with Crippen molar-refractivity contribution in [2.24, 2.45) is 17.8 Å². The van der Waals surface area contributed by atoms with E-state index in [0.717, 1.165) is 116 Å². The quantitative estimate of drug-likeness (QED) is 0.0363. The second kappa shape index (κ2) is 40.7. The van der Waals surface area contributed by atoms with Gasteiger partial charge in [0.2, 0.25) is 0 Å². The Kier molecular flexibility index (Phi) is 31.9. The van der Waals surface area contributed by atoms with Crippen LogP contribution >= 0.6 is 0 Å². The Morgan fingerprint density at radius 2 is 0.639 bits per heavy atom. The van der Waals surface area contributed by atoms with Crippen LogP contribution < -0.4 is 37.2 Å². The molecule has 122 heavy (non-hydrogen) atoms. The SMILES string of the molecule is CC1CCC(NC(=O)C(F)(F)c2cc(C(=O)Nc3ccc(F)c(F)c3)ccc2F)CC1.CC1CCC(NC(=O)C(F)(F)c2cc(C(=O)Nc3ccc(F)c(F)c3)ccc2F)CC1.CC1CCCCN(C(=O)C(F)(F)c2cc(C(=O)Nc3ccc(F)c(F)c3)ccc2F)C1.CCC(C)(C)NC(=O)C(F)(F)c1cc(C(=O)Nc2ccc(F)c(C)c2)ccc1F. The van der Waals surface area contributed by atoms with Gasteiger partial charge in [-0.3, -0.25) is 38.4 Å². The number of carbonyl (C=O) groups excluding carboxylic acids is 8. The minimum Gasteiger partial charge on any atom is -0.348 e. The molecule has 0 aromatic heterocycles. The summed E-state index contributed by atoms with van der Waals surface area (Å²) in [5.41, 5.74) is -7.03. The number of likely N-dealkylation sites (tertiary alicyclic amines) is 1. The molecule has 11 rings (SSSR count). The Labute approximate surface area is 688 Å². The van der Waals surface area contributed by atoms with Crippen molar-refractivity contribution >= 4 is 70.0 Å². The van der Waals surface area contributed by atoms with Gasteiger partial charge in [-0.15, -0.1) is 0 Å². The topological polar surface area (TPSA) is 224 Å². The number of hydrogen-bond acceptors (Lipinski definition) is 8. The summed E-state index contributed by atoms with van der Waals surface area (Å²) in [4.78, 5) is 99.4. The molecule has 3 fully saturated rings. The van der Waals surface area contributed by atoms with Gasteiger partial charge in [0.15, 0.2) is 34.9 Å². The fourth-order valence-electron chi connectivity index (χ4n) is 12.9. The standard InChI is InChI=1S/3C22H21F5N2O2.C21H22F4N2O2/c2*1-12-2-5-14(6-3-12)29-21(31)22(26,27)16-10-13(4-8-17(16)23)20(30)28-15-7-9-18(24)19(25)11-15;1-13-4-2-3-9-29(12-13)21(31)22(26,27)16-10-14(5-7-17(16)23)20(30)28-15-6-8-18(24)19(25)11-15;1-5-20(3,4)27-19(29)21(24,25)15-11-13(6-8-17(15)23)18(28)26-14-7-9-16(22)12(2)10-14/h2*4,7-12,14H,2-3,5-6H2,1H3,(H,28,30)(H,29,31);5-8,10-11,13H,2-4,9,12H2,1H3,(H,28,30);6-11H,5H2,1-4H3,(H,26,28)(H,27,29). The number of nitrogens with zero attached hydrogens (tertiary/aromatic N) is 1. The first-order valence-electron chi connectivity index (χ1n) is 38.4. The number of rotatable bonds is 20. The van der Waals surface area contributed by atoms with E-state index in [4.69, 9.17) is 0 Å². The van der Waals surface area contributed by atoms with Crippen LogP contribution in [0, 0.1) is 88.7 Å². The van der Waals surface area contributed by atoms with Gasteiger partial charge in [-0.2, -0.15) is 35.1 Å². The number of hydrogen-bond donors (Lipinski definition) is 7. The molecule has 654 valence electrons.